The molecule has 1 heterocycles. The molecule has 1 saturated carbocycles. The highest BCUT2D eigenvalue weighted by Gasteiger charge is 2.31. The van der Waals surface area contributed by atoms with E-state index in [1.54, 1.807) is 0 Å². The Morgan fingerprint density at radius 3 is 2.80 bits per heavy atom. The monoisotopic (exact) mass is 272 g/mol. The molecule has 1 atom stereocenters. The van der Waals surface area contributed by atoms with E-state index in [0.717, 1.165) is 12.5 Å². The summed E-state index contributed by atoms with van der Waals surface area (Å²) in [5.41, 5.74) is 9.51. The second-order valence-corrected chi connectivity index (χ2v) is 7.43. The maximum atomic E-state index is 6.12. The van der Waals surface area contributed by atoms with E-state index in [2.05, 4.69) is 43.0 Å². The Morgan fingerprint density at radius 1 is 1.35 bits per heavy atom. The topological polar surface area (TPSA) is 29.3 Å². The molecule has 0 bridgehead atoms. The SMILES string of the molecule is CC1(C)CCCN(C(CN)c2cccc(C3CC3)c2)C1. The lowest BCUT2D eigenvalue weighted by molar-refractivity contribution is 0.0806. The Labute approximate surface area is 123 Å². The number of piperidine rings is 1. The summed E-state index contributed by atoms with van der Waals surface area (Å²) in [6.07, 6.45) is 5.37. The van der Waals surface area contributed by atoms with E-state index in [1.807, 2.05) is 0 Å². The molecule has 2 nitrogen and oxygen atoms in total. The third kappa shape index (κ3) is 3.07. The van der Waals surface area contributed by atoms with Gasteiger partial charge in [-0.2, -0.15) is 0 Å². The van der Waals surface area contributed by atoms with Crippen LogP contribution in [-0.4, -0.2) is 24.5 Å². The van der Waals surface area contributed by atoms with Crippen molar-refractivity contribution in [2.45, 2.75) is 51.5 Å². The van der Waals surface area contributed by atoms with Crippen LogP contribution in [0.25, 0.3) is 0 Å². The van der Waals surface area contributed by atoms with E-state index in [1.165, 1.54) is 49.9 Å². The van der Waals surface area contributed by atoms with E-state index in [-0.39, 0.29) is 0 Å². The predicted octanol–water partition coefficient (Wildman–Crippen LogP) is 3.69. The number of nitrogens with zero attached hydrogens (tertiary/aromatic N) is 1. The van der Waals surface area contributed by atoms with E-state index < -0.39 is 0 Å². The van der Waals surface area contributed by atoms with Gasteiger partial charge in [-0.3, -0.25) is 4.90 Å². The van der Waals surface area contributed by atoms with Crippen LogP contribution >= 0.6 is 0 Å². The smallest absolute Gasteiger partial charge is 0.0470 e. The maximum Gasteiger partial charge on any atom is 0.0470 e. The van der Waals surface area contributed by atoms with Gasteiger partial charge in [-0.1, -0.05) is 38.1 Å². The summed E-state index contributed by atoms with van der Waals surface area (Å²) >= 11 is 0. The van der Waals surface area contributed by atoms with Gasteiger partial charge in [-0.15, -0.1) is 0 Å². The van der Waals surface area contributed by atoms with Gasteiger partial charge in [-0.05, 0) is 54.7 Å². The molecule has 0 radical (unpaired) electrons. The number of nitrogens with two attached hydrogens (primary N) is 1. The molecule has 1 unspecified atom stereocenters. The van der Waals surface area contributed by atoms with Crippen LogP contribution in [0.3, 0.4) is 0 Å². The third-order valence-corrected chi connectivity index (χ3v) is 4.94. The third-order valence-electron chi connectivity index (χ3n) is 4.94. The first-order chi connectivity index (χ1) is 9.59. The minimum Gasteiger partial charge on any atom is -0.329 e. The molecule has 110 valence electrons. The molecule has 0 spiro atoms. The normalized spacial score (nSPS) is 24.6. The van der Waals surface area contributed by atoms with Crippen LogP contribution < -0.4 is 5.73 Å². The minimum atomic E-state index is 0.397. The van der Waals surface area contributed by atoms with Gasteiger partial charge in [0.25, 0.3) is 0 Å². The number of likely N-dealkylation sites (tertiary alicyclic amines) is 1. The van der Waals surface area contributed by atoms with Gasteiger partial charge in [0, 0.05) is 19.1 Å². The Morgan fingerprint density at radius 2 is 2.15 bits per heavy atom. The summed E-state index contributed by atoms with van der Waals surface area (Å²) in [5, 5.41) is 0. The molecule has 1 aliphatic carbocycles. The van der Waals surface area contributed by atoms with Crippen molar-refractivity contribution >= 4 is 0 Å². The van der Waals surface area contributed by atoms with Crippen molar-refractivity contribution < 1.29 is 0 Å². The van der Waals surface area contributed by atoms with Crippen molar-refractivity contribution in [1.82, 2.24) is 4.90 Å². The molecule has 2 fully saturated rings. The summed E-state index contributed by atoms with van der Waals surface area (Å²) in [6.45, 7) is 7.85. The number of hydrogen-bond acceptors (Lipinski definition) is 2. The number of benzene rings is 1. The summed E-state index contributed by atoms with van der Waals surface area (Å²) in [6, 6.07) is 9.59. The molecule has 1 aromatic rings. The van der Waals surface area contributed by atoms with Crippen molar-refractivity contribution in [3.63, 3.8) is 0 Å². The fraction of sp³-hybridized carbons (Fsp3) is 0.667. The van der Waals surface area contributed by atoms with Gasteiger partial charge in [-0.25, -0.2) is 0 Å². The molecule has 0 aromatic heterocycles. The van der Waals surface area contributed by atoms with Gasteiger partial charge in [0.05, 0.1) is 0 Å². The zero-order chi connectivity index (χ0) is 14.2. The Hall–Kier alpha value is -0.860. The largest absolute Gasteiger partial charge is 0.329 e. The van der Waals surface area contributed by atoms with E-state index in [4.69, 9.17) is 5.73 Å². The Kier molecular flexibility index (Phi) is 3.87. The molecule has 2 aliphatic rings. The lowest BCUT2D eigenvalue weighted by atomic mass is 9.83. The zero-order valence-corrected chi connectivity index (χ0v) is 12.9. The molecule has 20 heavy (non-hydrogen) atoms. The van der Waals surface area contributed by atoms with Crippen LogP contribution in [-0.2, 0) is 0 Å². The van der Waals surface area contributed by atoms with E-state index >= 15 is 0 Å². The molecule has 2 N–H and O–H groups in total. The second-order valence-electron chi connectivity index (χ2n) is 7.43. The number of hydrogen-bond donors (Lipinski definition) is 1. The Balaban J connectivity index is 1.80. The van der Waals surface area contributed by atoms with Crippen molar-refractivity contribution in [2.75, 3.05) is 19.6 Å². The predicted molar refractivity (Wildman–Crippen MR) is 84.8 cm³/mol. The summed E-state index contributed by atoms with van der Waals surface area (Å²) in [7, 11) is 0. The average Bonchev–Trinajstić information content (AvgIpc) is 3.23. The van der Waals surface area contributed by atoms with Gasteiger partial charge in [0.1, 0.15) is 0 Å². The van der Waals surface area contributed by atoms with Gasteiger partial charge >= 0.3 is 0 Å². The first kappa shape index (κ1) is 14.1. The molecule has 1 aromatic carbocycles. The van der Waals surface area contributed by atoms with Crippen LogP contribution in [0.1, 0.15) is 62.6 Å². The minimum absolute atomic E-state index is 0.397. The molecule has 1 saturated heterocycles. The lowest BCUT2D eigenvalue weighted by Gasteiger charge is -2.42. The van der Waals surface area contributed by atoms with Crippen molar-refractivity contribution in [1.29, 1.82) is 0 Å². The summed E-state index contributed by atoms with van der Waals surface area (Å²) in [4.78, 5) is 2.61. The van der Waals surface area contributed by atoms with E-state index in [9.17, 15) is 0 Å². The van der Waals surface area contributed by atoms with Crippen LogP contribution in [0.5, 0.6) is 0 Å². The molecular weight excluding hydrogens is 244 g/mol. The molecule has 0 amide bonds. The molecule has 1 aliphatic heterocycles. The van der Waals surface area contributed by atoms with Crippen LogP contribution in [0.2, 0.25) is 0 Å². The zero-order valence-electron chi connectivity index (χ0n) is 12.9. The molecular formula is C18H28N2. The highest BCUT2D eigenvalue weighted by atomic mass is 15.2. The molecule has 2 heteroatoms. The quantitative estimate of drug-likeness (QED) is 0.906. The van der Waals surface area contributed by atoms with Gasteiger partial charge < -0.3 is 5.73 Å². The summed E-state index contributed by atoms with van der Waals surface area (Å²) in [5.74, 6) is 0.825. The lowest BCUT2D eigenvalue weighted by Crippen LogP contribution is -2.44. The fourth-order valence-corrected chi connectivity index (χ4v) is 3.67. The van der Waals surface area contributed by atoms with Crippen molar-refractivity contribution in [3.8, 4) is 0 Å². The number of rotatable bonds is 4. The molecule has 3 rings (SSSR count). The van der Waals surface area contributed by atoms with Crippen molar-refractivity contribution in [2.24, 2.45) is 11.1 Å². The highest BCUT2D eigenvalue weighted by Crippen LogP contribution is 2.41. The fourth-order valence-electron chi connectivity index (χ4n) is 3.67. The second kappa shape index (κ2) is 5.50. The van der Waals surface area contributed by atoms with Crippen LogP contribution in [0.4, 0.5) is 0 Å². The van der Waals surface area contributed by atoms with Crippen molar-refractivity contribution in [3.05, 3.63) is 35.4 Å². The highest BCUT2D eigenvalue weighted by molar-refractivity contribution is 5.31. The first-order valence-electron chi connectivity index (χ1n) is 8.13. The first-order valence-corrected chi connectivity index (χ1v) is 8.13. The Bertz CT molecular complexity index is 462. The average molecular weight is 272 g/mol. The maximum absolute atomic E-state index is 6.12. The van der Waals surface area contributed by atoms with Gasteiger partial charge in [0.15, 0.2) is 0 Å². The van der Waals surface area contributed by atoms with E-state index in [0.29, 0.717) is 11.5 Å². The van der Waals surface area contributed by atoms with Crippen LogP contribution in [0.15, 0.2) is 24.3 Å². The van der Waals surface area contributed by atoms with Gasteiger partial charge in [0.2, 0.25) is 0 Å². The van der Waals surface area contributed by atoms with Crippen LogP contribution in [0, 0.1) is 5.41 Å². The standard InChI is InChI=1S/C18H28N2/c1-18(2)9-4-10-20(13-18)17(12-19)16-6-3-5-15(11-16)14-7-8-14/h3,5-6,11,14,17H,4,7-10,12-13,19H2,1-2H3. The summed E-state index contributed by atoms with van der Waals surface area (Å²) < 4.78 is 0.